The van der Waals surface area contributed by atoms with Crippen LogP contribution in [-0.2, 0) is 10.9 Å². The van der Waals surface area contributed by atoms with Gasteiger partial charge in [-0.3, -0.25) is 0 Å². The van der Waals surface area contributed by atoms with E-state index in [1.807, 2.05) is 0 Å². The first kappa shape index (κ1) is 13.3. The summed E-state index contributed by atoms with van der Waals surface area (Å²) in [6.45, 7) is 3.61. The highest BCUT2D eigenvalue weighted by Gasteiger charge is 2.34. The molecule has 0 saturated heterocycles. The number of hydrogen-bond acceptors (Lipinski definition) is 3. The molecule has 1 rings (SSSR count). The molecular formula is C11H12F3NO2. The van der Waals surface area contributed by atoms with Crippen LogP contribution in [0.5, 0.6) is 5.75 Å². The third kappa shape index (κ3) is 3.97. The largest absolute Gasteiger partial charge is 0.479 e. The third-order valence-corrected chi connectivity index (χ3v) is 1.82. The molecule has 0 aliphatic heterocycles. The van der Waals surface area contributed by atoms with Gasteiger partial charge >= 0.3 is 6.18 Å². The first-order valence-corrected chi connectivity index (χ1v) is 4.95. The number of oxime groups is 1. The summed E-state index contributed by atoms with van der Waals surface area (Å²) in [5.41, 5.74) is -0.868. The van der Waals surface area contributed by atoms with Crippen molar-refractivity contribution >= 4 is 5.90 Å². The number of alkyl halides is 3. The van der Waals surface area contributed by atoms with Crippen LogP contribution in [-0.4, -0.2) is 12.5 Å². The van der Waals surface area contributed by atoms with Crippen molar-refractivity contribution in [3.63, 3.8) is 0 Å². The van der Waals surface area contributed by atoms with Gasteiger partial charge in [-0.15, -0.1) is 0 Å². The molecule has 0 heterocycles. The topological polar surface area (TPSA) is 30.8 Å². The lowest BCUT2D eigenvalue weighted by Gasteiger charge is -2.10. The number of hydrogen-bond donors (Lipinski definition) is 0. The maximum atomic E-state index is 12.6. The van der Waals surface area contributed by atoms with Crippen LogP contribution in [0.4, 0.5) is 13.2 Å². The minimum atomic E-state index is -4.47. The lowest BCUT2D eigenvalue weighted by Crippen LogP contribution is -2.08. The molecule has 0 bridgehead atoms. The van der Waals surface area contributed by atoms with Crippen molar-refractivity contribution in [1.29, 1.82) is 0 Å². The second kappa shape index (κ2) is 5.56. The molecule has 17 heavy (non-hydrogen) atoms. The Balaban J connectivity index is 2.88. The summed E-state index contributed by atoms with van der Waals surface area (Å²) < 4.78 is 42.6. The summed E-state index contributed by atoms with van der Waals surface area (Å²) in [5.74, 6) is -0.177. The third-order valence-electron chi connectivity index (χ3n) is 1.82. The molecule has 0 spiro atoms. The van der Waals surface area contributed by atoms with Crippen LogP contribution in [0.1, 0.15) is 19.4 Å². The first-order chi connectivity index (χ1) is 7.95. The fourth-order valence-corrected chi connectivity index (χ4v) is 1.13. The summed E-state index contributed by atoms with van der Waals surface area (Å²) in [6.07, 6.45) is -4.47. The molecule has 0 atom stereocenters. The molecule has 94 valence electrons. The average Bonchev–Trinajstić information content (AvgIpc) is 2.26. The Labute approximate surface area is 96.8 Å². The molecule has 0 radical (unpaired) electrons. The normalized spacial score (nSPS) is 12.4. The van der Waals surface area contributed by atoms with E-state index in [4.69, 9.17) is 9.57 Å². The molecular weight excluding hydrogens is 235 g/mol. The Morgan fingerprint density at radius 3 is 2.53 bits per heavy atom. The fraction of sp³-hybridized carbons (Fsp3) is 0.364. The summed E-state index contributed by atoms with van der Waals surface area (Å²) in [6, 6.07) is 4.86. The van der Waals surface area contributed by atoms with Crippen LogP contribution in [0.15, 0.2) is 29.4 Å². The van der Waals surface area contributed by atoms with Crippen LogP contribution < -0.4 is 4.84 Å². The molecule has 0 saturated carbocycles. The number of para-hydroxylation sites is 1. The van der Waals surface area contributed by atoms with Gasteiger partial charge in [0, 0.05) is 6.92 Å². The van der Waals surface area contributed by atoms with Crippen molar-refractivity contribution in [1.82, 2.24) is 0 Å². The van der Waals surface area contributed by atoms with Crippen LogP contribution in [0.3, 0.4) is 0 Å². The van der Waals surface area contributed by atoms with Gasteiger partial charge in [0.15, 0.2) is 5.75 Å². The maximum absolute atomic E-state index is 12.6. The van der Waals surface area contributed by atoms with Crippen LogP contribution >= 0.6 is 0 Å². The zero-order valence-electron chi connectivity index (χ0n) is 9.41. The lowest BCUT2D eigenvalue weighted by atomic mass is 10.2. The summed E-state index contributed by atoms with van der Waals surface area (Å²) >= 11 is 0. The van der Waals surface area contributed by atoms with E-state index in [2.05, 4.69) is 5.16 Å². The van der Waals surface area contributed by atoms with Gasteiger partial charge in [0.1, 0.15) is 5.56 Å². The molecule has 0 aliphatic rings. The number of benzene rings is 1. The van der Waals surface area contributed by atoms with Crippen molar-refractivity contribution in [2.45, 2.75) is 20.0 Å². The summed E-state index contributed by atoms with van der Waals surface area (Å²) in [7, 11) is 0. The molecule has 0 aliphatic carbocycles. The van der Waals surface area contributed by atoms with E-state index in [0.717, 1.165) is 6.07 Å². The van der Waals surface area contributed by atoms with Crippen molar-refractivity contribution in [2.75, 3.05) is 6.61 Å². The Morgan fingerprint density at radius 2 is 1.94 bits per heavy atom. The molecule has 3 nitrogen and oxygen atoms in total. The monoisotopic (exact) mass is 247 g/mol. The quantitative estimate of drug-likeness (QED) is 0.465. The molecule has 0 unspecified atom stereocenters. The zero-order valence-corrected chi connectivity index (χ0v) is 9.41. The van der Waals surface area contributed by atoms with Gasteiger partial charge in [-0.1, -0.05) is 12.1 Å². The second-order valence-electron chi connectivity index (χ2n) is 3.13. The number of ether oxygens (including phenoxy) is 1. The smallest absolute Gasteiger partial charge is 0.420 e. The lowest BCUT2D eigenvalue weighted by molar-refractivity contribution is -0.139. The molecule has 0 fully saturated rings. The van der Waals surface area contributed by atoms with E-state index >= 15 is 0 Å². The highest BCUT2D eigenvalue weighted by molar-refractivity contribution is 5.72. The van der Waals surface area contributed by atoms with E-state index in [-0.39, 0.29) is 11.6 Å². The van der Waals surface area contributed by atoms with Gasteiger partial charge in [0.2, 0.25) is 5.90 Å². The van der Waals surface area contributed by atoms with E-state index in [9.17, 15) is 13.2 Å². The maximum Gasteiger partial charge on any atom is 0.420 e. The zero-order chi connectivity index (χ0) is 12.9. The van der Waals surface area contributed by atoms with Gasteiger partial charge in [-0.25, -0.2) is 0 Å². The highest BCUT2D eigenvalue weighted by Crippen LogP contribution is 2.35. The number of nitrogens with zero attached hydrogens (tertiary/aromatic N) is 1. The number of halogens is 3. The Hall–Kier alpha value is -1.72. The number of rotatable bonds is 3. The van der Waals surface area contributed by atoms with Gasteiger partial charge < -0.3 is 9.57 Å². The molecule has 1 aromatic rings. The van der Waals surface area contributed by atoms with E-state index in [1.165, 1.54) is 25.1 Å². The van der Waals surface area contributed by atoms with Gasteiger partial charge in [-0.05, 0) is 24.2 Å². The first-order valence-electron chi connectivity index (χ1n) is 4.95. The van der Waals surface area contributed by atoms with Gasteiger partial charge in [0.05, 0.1) is 6.61 Å². The molecule has 1 aromatic carbocycles. The standard InChI is InChI=1S/C11H12F3NO2/c1-3-16-8(2)15-17-10-7-5-4-6-9(10)11(12,13)14/h4-7H,3H2,1-2H3/b15-8+. The Bertz CT molecular complexity index is 402. The molecule has 0 aromatic heterocycles. The average molecular weight is 247 g/mol. The predicted molar refractivity (Wildman–Crippen MR) is 56.8 cm³/mol. The second-order valence-corrected chi connectivity index (χ2v) is 3.13. The van der Waals surface area contributed by atoms with E-state index < -0.39 is 11.7 Å². The molecule has 0 amide bonds. The van der Waals surface area contributed by atoms with E-state index in [0.29, 0.717) is 6.61 Å². The molecule has 6 heteroatoms. The Kier molecular flexibility index (Phi) is 4.37. The van der Waals surface area contributed by atoms with Gasteiger partial charge in [0.25, 0.3) is 0 Å². The van der Waals surface area contributed by atoms with Crippen LogP contribution in [0.2, 0.25) is 0 Å². The van der Waals surface area contributed by atoms with Crippen molar-refractivity contribution in [3.8, 4) is 5.75 Å². The van der Waals surface area contributed by atoms with E-state index in [1.54, 1.807) is 6.92 Å². The highest BCUT2D eigenvalue weighted by atomic mass is 19.4. The molecule has 0 N–H and O–H groups in total. The van der Waals surface area contributed by atoms with Gasteiger partial charge in [-0.2, -0.15) is 13.2 Å². The predicted octanol–water partition coefficient (Wildman–Crippen LogP) is 3.45. The summed E-state index contributed by atoms with van der Waals surface area (Å²) in [5, 5.41) is 3.45. The minimum absolute atomic E-state index is 0.171. The Morgan fingerprint density at radius 1 is 1.29 bits per heavy atom. The van der Waals surface area contributed by atoms with Crippen molar-refractivity contribution < 1.29 is 22.7 Å². The summed E-state index contributed by atoms with van der Waals surface area (Å²) in [4.78, 5) is 4.72. The van der Waals surface area contributed by atoms with Crippen molar-refractivity contribution in [2.24, 2.45) is 5.16 Å². The van der Waals surface area contributed by atoms with Crippen LogP contribution in [0, 0.1) is 0 Å². The van der Waals surface area contributed by atoms with Crippen LogP contribution in [0.25, 0.3) is 0 Å². The minimum Gasteiger partial charge on any atom is -0.479 e. The fourth-order valence-electron chi connectivity index (χ4n) is 1.13. The van der Waals surface area contributed by atoms with Crippen molar-refractivity contribution in [3.05, 3.63) is 29.8 Å². The SMILES string of the molecule is CCO/C(C)=N/Oc1ccccc1C(F)(F)F.